The van der Waals surface area contributed by atoms with Crippen LogP contribution >= 0.6 is 0 Å². The summed E-state index contributed by atoms with van der Waals surface area (Å²) in [4.78, 5) is 22.1. The Morgan fingerprint density at radius 1 is 1.22 bits per heavy atom. The third kappa shape index (κ3) is 3.78. The minimum absolute atomic E-state index is 0.842. The first-order valence-electron chi connectivity index (χ1n) is 5.17. The van der Waals surface area contributed by atoms with Gasteiger partial charge in [0.05, 0.1) is 0 Å². The van der Waals surface area contributed by atoms with E-state index < -0.39 is 35.8 Å². The zero-order valence-electron chi connectivity index (χ0n) is 10.5. The number of amides is 1. The van der Waals surface area contributed by atoms with Crippen LogP contribution in [0.15, 0.2) is 0 Å². The van der Waals surface area contributed by atoms with Gasteiger partial charge in [0.1, 0.15) is 5.60 Å². The second-order valence-corrected chi connectivity index (χ2v) is 4.69. The summed E-state index contributed by atoms with van der Waals surface area (Å²) in [7, 11) is 0. The highest BCUT2D eigenvalue weighted by molar-refractivity contribution is 5.85. The van der Waals surface area contributed by atoms with Crippen molar-refractivity contribution >= 4 is 12.1 Å². The average molecular weight is 271 g/mol. The van der Waals surface area contributed by atoms with Gasteiger partial charge in [-0.25, -0.2) is 9.59 Å². The summed E-state index contributed by atoms with van der Waals surface area (Å²) in [5.74, 6) is -2.18. The number of carboxylic acids is 1. The predicted molar refractivity (Wildman–Crippen MR) is 56.1 cm³/mol. The summed E-state index contributed by atoms with van der Waals surface area (Å²) in [6.45, 7) is 5.37. The van der Waals surface area contributed by atoms with E-state index in [0.29, 0.717) is 0 Å². The number of carbonyl (C=O) groups is 2. The molecule has 0 spiro atoms. The lowest BCUT2D eigenvalue weighted by atomic mass is 9.96. The van der Waals surface area contributed by atoms with E-state index in [2.05, 4.69) is 4.74 Å². The molecule has 0 saturated heterocycles. The highest BCUT2D eigenvalue weighted by atomic mass is 19.4. The van der Waals surface area contributed by atoms with Crippen molar-refractivity contribution in [1.29, 1.82) is 0 Å². The molecule has 106 valence electrons. The second kappa shape index (κ2) is 5.03. The molecule has 5 nitrogen and oxygen atoms in total. The number of carbonyl (C=O) groups excluding carboxylic acids is 1. The number of hydrogen-bond donors (Lipinski definition) is 2. The van der Waals surface area contributed by atoms with Crippen molar-refractivity contribution in [1.82, 2.24) is 5.32 Å². The Morgan fingerprint density at radius 2 is 1.67 bits per heavy atom. The van der Waals surface area contributed by atoms with Gasteiger partial charge in [0, 0.05) is 0 Å². The molecule has 2 N–H and O–H groups in total. The lowest BCUT2D eigenvalue weighted by Gasteiger charge is -2.32. The molecular formula is C10H16F3NO4. The predicted octanol–water partition coefficient (Wildman–Crippen LogP) is 2.31. The third-order valence-electron chi connectivity index (χ3n) is 2.09. The molecule has 1 atom stereocenters. The molecule has 0 aliphatic heterocycles. The van der Waals surface area contributed by atoms with Crippen molar-refractivity contribution < 1.29 is 32.6 Å². The molecule has 18 heavy (non-hydrogen) atoms. The van der Waals surface area contributed by atoms with Gasteiger partial charge in [0.2, 0.25) is 5.54 Å². The third-order valence-corrected chi connectivity index (χ3v) is 2.09. The first-order chi connectivity index (χ1) is 7.85. The smallest absolute Gasteiger partial charge is 0.422 e. The molecule has 0 heterocycles. The maximum atomic E-state index is 12.8. The molecular weight excluding hydrogens is 255 g/mol. The van der Waals surface area contributed by atoms with Gasteiger partial charge in [-0.1, -0.05) is 6.92 Å². The summed E-state index contributed by atoms with van der Waals surface area (Å²) in [5, 5.41) is 10.1. The van der Waals surface area contributed by atoms with Crippen molar-refractivity contribution in [3.63, 3.8) is 0 Å². The van der Waals surface area contributed by atoms with Crippen LogP contribution in [0.3, 0.4) is 0 Å². The molecule has 0 bridgehead atoms. The Balaban J connectivity index is 5.16. The Kier molecular flexibility index (Phi) is 4.62. The molecule has 0 radical (unpaired) electrons. The Labute approximate surface area is 102 Å². The van der Waals surface area contributed by atoms with E-state index >= 15 is 0 Å². The van der Waals surface area contributed by atoms with Gasteiger partial charge < -0.3 is 9.84 Å². The van der Waals surface area contributed by atoms with Gasteiger partial charge in [-0.2, -0.15) is 13.2 Å². The number of aliphatic carboxylic acids is 1. The van der Waals surface area contributed by atoms with E-state index in [1.165, 1.54) is 26.1 Å². The Morgan fingerprint density at radius 3 is 1.89 bits per heavy atom. The van der Waals surface area contributed by atoms with Crippen LogP contribution in [0.2, 0.25) is 0 Å². The fourth-order valence-electron chi connectivity index (χ4n) is 1.16. The number of rotatable bonds is 3. The molecule has 0 aliphatic rings. The van der Waals surface area contributed by atoms with Gasteiger partial charge in [-0.05, 0) is 27.2 Å². The van der Waals surface area contributed by atoms with Crippen LogP contribution in [-0.4, -0.2) is 34.5 Å². The molecule has 0 aliphatic carbocycles. The molecule has 0 aromatic carbocycles. The van der Waals surface area contributed by atoms with Gasteiger partial charge in [-0.15, -0.1) is 0 Å². The zero-order valence-corrected chi connectivity index (χ0v) is 10.5. The Hall–Kier alpha value is -1.47. The molecule has 0 saturated carbocycles. The van der Waals surface area contributed by atoms with Crippen LogP contribution in [0.1, 0.15) is 34.1 Å². The van der Waals surface area contributed by atoms with Crippen LogP contribution < -0.4 is 5.32 Å². The standard InChI is InChI=1S/C10H16F3NO4/c1-5-9(6(15)16,10(11,12)13)14-7(17)18-8(2,3)4/h5H2,1-4H3,(H,14,17)(H,15,16). The molecule has 1 unspecified atom stereocenters. The monoisotopic (exact) mass is 271 g/mol. The lowest BCUT2D eigenvalue weighted by molar-refractivity contribution is -0.209. The quantitative estimate of drug-likeness (QED) is 0.825. The summed E-state index contributed by atoms with van der Waals surface area (Å²) in [6, 6.07) is 0. The number of carboxylic acid groups (broad SMARTS) is 1. The SMILES string of the molecule is CCC(NC(=O)OC(C)(C)C)(C(=O)O)C(F)(F)F. The summed E-state index contributed by atoms with van der Waals surface area (Å²) in [5.41, 5.74) is -4.36. The number of nitrogens with one attached hydrogen (secondary N) is 1. The number of ether oxygens (including phenoxy) is 1. The number of alkyl carbamates (subject to hydrolysis) is 1. The van der Waals surface area contributed by atoms with Gasteiger partial charge in [-0.3, -0.25) is 5.32 Å². The number of halogens is 3. The highest BCUT2D eigenvalue weighted by Gasteiger charge is 2.61. The van der Waals surface area contributed by atoms with Gasteiger partial charge in [0.15, 0.2) is 0 Å². The zero-order chi connectivity index (χ0) is 14.8. The van der Waals surface area contributed by atoms with Crippen LogP contribution in [0.25, 0.3) is 0 Å². The van der Waals surface area contributed by atoms with Crippen LogP contribution in [0.4, 0.5) is 18.0 Å². The maximum Gasteiger partial charge on any atom is 0.422 e. The van der Waals surface area contributed by atoms with Crippen LogP contribution in [0, 0.1) is 0 Å². The summed E-state index contributed by atoms with van der Waals surface area (Å²) < 4.78 is 42.9. The van der Waals surface area contributed by atoms with Crippen LogP contribution in [0.5, 0.6) is 0 Å². The van der Waals surface area contributed by atoms with Crippen molar-refractivity contribution in [2.45, 2.75) is 51.4 Å². The van der Waals surface area contributed by atoms with Crippen molar-refractivity contribution in [3.8, 4) is 0 Å². The maximum absolute atomic E-state index is 12.8. The lowest BCUT2D eigenvalue weighted by Crippen LogP contribution is -2.64. The molecule has 0 aromatic rings. The molecule has 0 rings (SSSR count). The van der Waals surface area contributed by atoms with Crippen molar-refractivity contribution in [2.75, 3.05) is 0 Å². The first-order valence-corrected chi connectivity index (χ1v) is 5.17. The molecule has 0 fully saturated rings. The summed E-state index contributed by atoms with van der Waals surface area (Å²) >= 11 is 0. The largest absolute Gasteiger partial charge is 0.479 e. The van der Waals surface area contributed by atoms with E-state index in [1.54, 1.807) is 0 Å². The number of alkyl halides is 3. The van der Waals surface area contributed by atoms with Crippen molar-refractivity contribution in [3.05, 3.63) is 0 Å². The minimum atomic E-state index is -5.12. The topological polar surface area (TPSA) is 75.6 Å². The van der Waals surface area contributed by atoms with E-state index in [4.69, 9.17) is 5.11 Å². The van der Waals surface area contributed by atoms with E-state index in [1.807, 2.05) is 0 Å². The highest BCUT2D eigenvalue weighted by Crippen LogP contribution is 2.33. The fraction of sp³-hybridized carbons (Fsp3) is 0.800. The normalized spacial score (nSPS) is 15.7. The average Bonchev–Trinajstić information content (AvgIpc) is 2.08. The van der Waals surface area contributed by atoms with E-state index in [0.717, 1.165) is 6.92 Å². The first kappa shape index (κ1) is 16.5. The van der Waals surface area contributed by atoms with Crippen LogP contribution in [-0.2, 0) is 9.53 Å². The summed E-state index contributed by atoms with van der Waals surface area (Å²) in [6.07, 6.45) is -7.39. The fourth-order valence-corrected chi connectivity index (χ4v) is 1.16. The molecule has 8 heteroatoms. The molecule has 0 aromatic heterocycles. The minimum Gasteiger partial charge on any atom is -0.479 e. The van der Waals surface area contributed by atoms with E-state index in [-0.39, 0.29) is 0 Å². The Bertz CT molecular complexity index is 335. The van der Waals surface area contributed by atoms with Gasteiger partial charge in [0.25, 0.3) is 0 Å². The van der Waals surface area contributed by atoms with E-state index in [9.17, 15) is 22.8 Å². The molecule has 1 amide bonds. The van der Waals surface area contributed by atoms with Crippen molar-refractivity contribution in [2.24, 2.45) is 0 Å². The number of hydrogen-bond acceptors (Lipinski definition) is 3. The van der Waals surface area contributed by atoms with Gasteiger partial charge >= 0.3 is 18.2 Å². The second-order valence-electron chi connectivity index (χ2n) is 4.69.